The van der Waals surface area contributed by atoms with E-state index >= 15 is 0 Å². The van der Waals surface area contributed by atoms with E-state index in [2.05, 4.69) is 27.6 Å². The number of methoxy groups -OCH3 is 1. The predicted molar refractivity (Wildman–Crippen MR) is 154 cm³/mol. The third kappa shape index (κ3) is 5.66. The maximum Gasteiger partial charge on any atom is 0.341 e. The number of aryl methyl sites for hydroxylation is 1. The highest BCUT2D eigenvalue weighted by Crippen LogP contribution is 2.42. The van der Waals surface area contributed by atoms with Crippen LogP contribution in [-0.4, -0.2) is 52.6 Å². The number of anilines is 1. The number of ether oxygens (including phenoxy) is 2. The summed E-state index contributed by atoms with van der Waals surface area (Å²) in [5.41, 5.74) is 3.69. The number of thiophene rings is 1. The van der Waals surface area contributed by atoms with Crippen molar-refractivity contribution in [1.82, 2.24) is 14.8 Å². The van der Waals surface area contributed by atoms with Gasteiger partial charge in [0.15, 0.2) is 11.8 Å². The minimum absolute atomic E-state index is 0.307. The topological polar surface area (TPSA) is 112 Å². The van der Waals surface area contributed by atoms with Crippen LogP contribution >= 0.6 is 23.1 Å². The molecule has 1 aliphatic carbocycles. The van der Waals surface area contributed by atoms with E-state index in [-0.39, 0.29) is 0 Å². The fraction of sp³-hybridized carbons (Fsp3) is 0.276. The molecule has 0 fully saturated rings. The van der Waals surface area contributed by atoms with Gasteiger partial charge in [0.2, 0.25) is 0 Å². The van der Waals surface area contributed by atoms with E-state index in [4.69, 9.17) is 9.47 Å². The molecule has 0 spiro atoms. The van der Waals surface area contributed by atoms with E-state index in [0.717, 1.165) is 40.0 Å². The molecule has 0 radical (unpaired) electrons. The molecule has 11 heteroatoms. The van der Waals surface area contributed by atoms with Crippen molar-refractivity contribution in [2.45, 2.75) is 37.3 Å². The SMILES string of the molecule is COC(=O)c1c(NC(=O)COC(=O)c2ccc(-n3c(C)nnc3SC)cc2)sc2c1CCC(c1ccccc1)C2. The Kier molecular flexibility index (Phi) is 8.32. The summed E-state index contributed by atoms with van der Waals surface area (Å²) in [7, 11) is 1.33. The van der Waals surface area contributed by atoms with E-state index < -0.39 is 24.5 Å². The number of esters is 2. The van der Waals surface area contributed by atoms with Crippen molar-refractivity contribution in [3.63, 3.8) is 0 Å². The number of fused-ring (bicyclic) bond motifs is 1. The maximum absolute atomic E-state index is 12.8. The first-order valence-corrected chi connectivity index (χ1v) is 14.7. The van der Waals surface area contributed by atoms with Crippen LogP contribution in [0.3, 0.4) is 0 Å². The molecular weight excluding hydrogens is 548 g/mol. The number of amides is 1. The van der Waals surface area contributed by atoms with Gasteiger partial charge in [0.25, 0.3) is 5.91 Å². The Morgan fingerprint density at radius 2 is 1.82 bits per heavy atom. The molecule has 2 heterocycles. The molecule has 2 aromatic heterocycles. The second kappa shape index (κ2) is 12.1. The zero-order valence-electron chi connectivity index (χ0n) is 22.3. The van der Waals surface area contributed by atoms with Crippen molar-refractivity contribution in [2.75, 3.05) is 25.3 Å². The van der Waals surface area contributed by atoms with Gasteiger partial charge in [0, 0.05) is 10.6 Å². The first kappa shape index (κ1) is 27.6. The van der Waals surface area contributed by atoms with Crippen LogP contribution in [0.5, 0.6) is 0 Å². The van der Waals surface area contributed by atoms with Gasteiger partial charge in [0.05, 0.1) is 18.2 Å². The lowest BCUT2D eigenvalue weighted by Crippen LogP contribution is -2.22. The number of hydrogen-bond acceptors (Lipinski definition) is 9. The smallest absolute Gasteiger partial charge is 0.341 e. The third-order valence-electron chi connectivity index (χ3n) is 6.85. The van der Waals surface area contributed by atoms with Crippen LogP contribution in [0, 0.1) is 6.92 Å². The Hall–Kier alpha value is -3.96. The van der Waals surface area contributed by atoms with Gasteiger partial charge in [-0.05, 0) is 73.8 Å². The molecule has 1 N–H and O–H groups in total. The van der Waals surface area contributed by atoms with E-state index in [1.165, 1.54) is 35.8 Å². The molecule has 4 aromatic rings. The van der Waals surface area contributed by atoms with Crippen LogP contribution in [0.15, 0.2) is 59.8 Å². The number of rotatable bonds is 8. The van der Waals surface area contributed by atoms with Crippen LogP contribution < -0.4 is 5.32 Å². The van der Waals surface area contributed by atoms with Gasteiger partial charge in [-0.25, -0.2) is 9.59 Å². The highest BCUT2D eigenvalue weighted by molar-refractivity contribution is 7.98. The highest BCUT2D eigenvalue weighted by Gasteiger charge is 2.30. The largest absolute Gasteiger partial charge is 0.465 e. The molecule has 5 rings (SSSR count). The molecule has 9 nitrogen and oxygen atoms in total. The number of carbonyl (C=O) groups excluding carboxylic acids is 3. The first-order valence-electron chi connectivity index (χ1n) is 12.7. The lowest BCUT2D eigenvalue weighted by atomic mass is 9.83. The molecule has 40 heavy (non-hydrogen) atoms. The second-order valence-electron chi connectivity index (χ2n) is 9.29. The van der Waals surface area contributed by atoms with E-state index in [1.54, 1.807) is 24.3 Å². The number of aromatic nitrogens is 3. The molecule has 1 unspecified atom stereocenters. The fourth-order valence-corrected chi connectivity index (χ4v) is 6.77. The zero-order chi connectivity index (χ0) is 28.2. The van der Waals surface area contributed by atoms with Gasteiger partial charge in [-0.15, -0.1) is 21.5 Å². The summed E-state index contributed by atoms with van der Waals surface area (Å²) in [5.74, 6) is -0.575. The Bertz CT molecular complexity index is 1550. The van der Waals surface area contributed by atoms with E-state index in [1.807, 2.05) is 35.9 Å². The van der Waals surface area contributed by atoms with Gasteiger partial charge >= 0.3 is 11.9 Å². The number of nitrogens with one attached hydrogen (secondary N) is 1. The molecule has 0 saturated heterocycles. The van der Waals surface area contributed by atoms with Crippen molar-refractivity contribution in [3.05, 3.63) is 87.6 Å². The van der Waals surface area contributed by atoms with Crippen LogP contribution in [0.25, 0.3) is 5.69 Å². The number of thioether (sulfide) groups is 1. The second-order valence-corrected chi connectivity index (χ2v) is 11.2. The first-order chi connectivity index (χ1) is 19.4. The standard InChI is InChI=1S/C29H28N4O5S2/c1-17-31-32-29(39-3)33(17)21-12-9-19(10-13-21)27(35)38-16-24(34)30-26-25(28(36)37-2)22-14-11-20(15-23(22)40-26)18-7-5-4-6-8-18/h4-10,12-13,20H,11,14-16H2,1-3H3,(H,30,34). The zero-order valence-corrected chi connectivity index (χ0v) is 23.9. The fourth-order valence-electron chi connectivity index (χ4n) is 4.90. The minimum Gasteiger partial charge on any atom is -0.465 e. The van der Waals surface area contributed by atoms with Crippen LogP contribution in [0.2, 0.25) is 0 Å². The van der Waals surface area contributed by atoms with Gasteiger partial charge < -0.3 is 14.8 Å². The molecule has 0 bridgehead atoms. The molecule has 1 atom stereocenters. The van der Waals surface area contributed by atoms with Gasteiger partial charge in [0.1, 0.15) is 10.8 Å². The summed E-state index contributed by atoms with van der Waals surface area (Å²) in [6.45, 7) is 1.36. The lowest BCUT2D eigenvalue weighted by Gasteiger charge is -2.22. The number of carbonyl (C=O) groups is 3. The van der Waals surface area contributed by atoms with Gasteiger partial charge in [-0.3, -0.25) is 9.36 Å². The van der Waals surface area contributed by atoms with Crippen LogP contribution in [0.1, 0.15) is 54.9 Å². The monoisotopic (exact) mass is 576 g/mol. The van der Waals surface area contributed by atoms with Gasteiger partial charge in [-0.2, -0.15) is 0 Å². The van der Waals surface area contributed by atoms with Crippen molar-refractivity contribution < 1.29 is 23.9 Å². The maximum atomic E-state index is 12.8. The van der Waals surface area contributed by atoms with Crippen molar-refractivity contribution in [3.8, 4) is 5.69 Å². The van der Waals surface area contributed by atoms with Crippen molar-refractivity contribution in [2.24, 2.45) is 0 Å². The predicted octanol–water partition coefficient (Wildman–Crippen LogP) is 5.21. The summed E-state index contributed by atoms with van der Waals surface area (Å²) in [4.78, 5) is 39.1. The van der Waals surface area contributed by atoms with Crippen molar-refractivity contribution >= 4 is 45.9 Å². The minimum atomic E-state index is -0.628. The summed E-state index contributed by atoms with van der Waals surface area (Å²) in [5, 5.41) is 12.1. The Labute approximate surface area is 239 Å². The van der Waals surface area contributed by atoms with Crippen LogP contribution in [0.4, 0.5) is 5.00 Å². The van der Waals surface area contributed by atoms with E-state index in [0.29, 0.717) is 28.5 Å². The summed E-state index contributed by atoms with van der Waals surface area (Å²) in [6.07, 6.45) is 4.31. The average molecular weight is 577 g/mol. The summed E-state index contributed by atoms with van der Waals surface area (Å²) >= 11 is 2.85. The molecule has 1 amide bonds. The number of hydrogen-bond donors (Lipinski definition) is 1. The number of benzene rings is 2. The molecule has 1 aliphatic rings. The third-order valence-corrected chi connectivity index (χ3v) is 8.65. The molecule has 0 saturated carbocycles. The average Bonchev–Trinajstić information content (AvgIpc) is 3.54. The Balaban J connectivity index is 1.25. The molecule has 0 aliphatic heterocycles. The van der Waals surface area contributed by atoms with Gasteiger partial charge in [-0.1, -0.05) is 42.1 Å². The lowest BCUT2D eigenvalue weighted by molar-refractivity contribution is -0.119. The Morgan fingerprint density at radius 3 is 2.52 bits per heavy atom. The number of nitrogens with zero attached hydrogens (tertiary/aromatic N) is 3. The molecular formula is C29H28N4O5S2. The van der Waals surface area contributed by atoms with E-state index in [9.17, 15) is 14.4 Å². The molecule has 2 aromatic carbocycles. The Morgan fingerprint density at radius 1 is 1.07 bits per heavy atom. The van der Waals surface area contributed by atoms with Crippen LogP contribution in [-0.2, 0) is 27.1 Å². The summed E-state index contributed by atoms with van der Waals surface area (Å²) < 4.78 is 12.2. The summed E-state index contributed by atoms with van der Waals surface area (Å²) in [6, 6.07) is 17.1. The quantitative estimate of drug-likeness (QED) is 0.225. The highest BCUT2D eigenvalue weighted by atomic mass is 32.2. The van der Waals surface area contributed by atoms with Crippen molar-refractivity contribution in [1.29, 1.82) is 0 Å². The normalized spacial score (nSPS) is 14.3. The molecule has 206 valence electrons.